The standard InChI is InChI=1S/C22H25N7O2/c1-14-6-7-19(31-14)21-27-22(23)26-20-15(11-24-29(20)21)10-16-4-3-5-17(25-16)13-30-18-8-9-28(2)12-18/h3-7,11,18H,8-10,12-13H2,1-2H3,(H2,23,26). The Morgan fingerprint density at radius 2 is 2.03 bits per heavy atom. The number of hydrogen-bond acceptors (Lipinski definition) is 8. The summed E-state index contributed by atoms with van der Waals surface area (Å²) in [7, 11) is 2.12. The Balaban J connectivity index is 1.38. The molecule has 0 saturated carbocycles. The molecule has 160 valence electrons. The molecule has 0 spiro atoms. The van der Waals surface area contributed by atoms with Crippen LogP contribution in [0.15, 0.2) is 40.9 Å². The highest BCUT2D eigenvalue weighted by atomic mass is 16.5. The number of fused-ring (bicyclic) bond motifs is 1. The lowest BCUT2D eigenvalue weighted by atomic mass is 10.1. The topological polar surface area (TPSA) is 108 Å². The zero-order valence-electron chi connectivity index (χ0n) is 17.7. The molecule has 5 rings (SSSR count). The Morgan fingerprint density at radius 3 is 2.81 bits per heavy atom. The summed E-state index contributed by atoms with van der Waals surface area (Å²) in [5.41, 5.74) is 9.39. The third-order valence-corrected chi connectivity index (χ3v) is 5.47. The van der Waals surface area contributed by atoms with Crippen LogP contribution in [-0.2, 0) is 17.8 Å². The van der Waals surface area contributed by atoms with Gasteiger partial charge in [-0.15, -0.1) is 0 Å². The lowest BCUT2D eigenvalue weighted by molar-refractivity contribution is 0.0464. The number of aryl methyl sites for hydroxylation is 1. The molecule has 1 fully saturated rings. The van der Waals surface area contributed by atoms with Crippen molar-refractivity contribution in [3.63, 3.8) is 0 Å². The quantitative estimate of drug-likeness (QED) is 0.508. The molecule has 1 unspecified atom stereocenters. The van der Waals surface area contributed by atoms with Gasteiger partial charge >= 0.3 is 0 Å². The van der Waals surface area contributed by atoms with Crippen LogP contribution in [0.5, 0.6) is 0 Å². The van der Waals surface area contributed by atoms with Gasteiger partial charge < -0.3 is 19.8 Å². The van der Waals surface area contributed by atoms with E-state index in [1.54, 1.807) is 10.7 Å². The average molecular weight is 419 g/mol. The van der Waals surface area contributed by atoms with Gasteiger partial charge in [0.25, 0.3) is 0 Å². The van der Waals surface area contributed by atoms with Crippen molar-refractivity contribution < 1.29 is 9.15 Å². The van der Waals surface area contributed by atoms with Crippen LogP contribution < -0.4 is 5.73 Å². The Kier molecular flexibility index (Phi) is 5.13. The number of aromatic nitrogens is 5. The van der Waals surface area contributed by atoms with Crippen LogP contribution in [0.4, 0.5) is 5.95 Å². The van der Waals surface area contributed by atoms with Crippen molar-refractivity contribution in [3.05, 3.63) is 59.2 Å². The van der Waals surface area contributed by atoms with Gasteiger partial charge in [0, 0.05) is 30.8 Å². The number of furan rings is 1. The maximum absolute atomic E-state index is 6.03. The number of likely N-dealkylation sites (tertiary alicyclic amines) is 1. The Bertz CT molecular complexity index is 1220. The van der Waals surface area contributed by atoms with Crippen LogP contribution in [0.25, 0.3) is 17.2 Å². The first-order chi connectivity index (χ1) is 15.0. The number of hydrogen-bond donors (Lipinski definition) is 1. The molecular weight excluding hydrogens is 394 g/mol. The summed E-state index contributed by atoms with van der Waals surface area (Å²) in [5.74, 6) is 2.09. The van der Waals surface area contributed by atoms with Crippen LogP contribution in [0.1, 0.15) is 29.1 Å². The summed E-state index contributed by atoms with van der Waals surface area (Å²) < 4.78 is 13.4. The van der Waals surface area contributed by atoms with Gasteiger partial charge in [-0.3, -0.25) is 4.98 Å². The summed E-state index contributed by atoms with van der Waals surface area (Å²) in [6.07, 6.45) is 3.70. The minimum absolute atomic E-state index is 0.176. The van der Waals surface area contributed by atoms with E-state index in [2.05, 4.69) is 27.0 Å². The number of pyridine rings is 1. The molecule has 0 aromatic carbocycles. The first-order valence-corrected chi connectivity index (χ1v) is 10.4. The molecule has 5 heterocycles. The van der Waals surface area contributed by atoms with Crippen molar-refractivity contribution in [3.8, 4) is 11.6 Å². The second-order valence-corrected chi connectivity index (χ2v) is 8.00. The van der Waals surface area contributed by atoms with Crippen LogP contribution in [-0.4, -0.2) is 55.7 Å². The zero-order valence-corrected chi connectivity index (χ0v) is 17.7. The number of nitrogens with zero attached hydrogens (tertiary/aromatic N) is 6. The van der Waals surface area contributed by atoms with Crippen LogP contribution in [0, 0.1) is 6.92 Å². The monoisotopic (exact) mass is 419 g/mol. The van der Waals surface area contributed by atoms with E-state index in [1.165, 1.54) is 0 Å². The third-order valence-electron chi connectivity index (χ3n) is 5.47. The van der Waals surface area contributed by atoms with Crippen molar-refractivity contribution in [2.75, 3.05) is 25.9 Å². The first kappa shape index (κ1) is 19.7. The molecule has 0 radical (unpaired) electrons. The van der Waals surface area contributed by atoms with Crippen LogP contribution >= 0.6 is 0 Å². The maximum Gasteiger partial charge on any atom is 0.224 e. The molecule has 0 aliphatic carbocycles. The van der Waals surface area contributed by atoms with E-state index in [-0.39, 0.29) is 12.1 Å². The lowest BCUT2D eigenvalue weighted by Crippen LogP contribution is -2.19. The number of anilines is 1. The summed E-state index contributed by atoms with van der Waals surface area (Å²) >= 11 is 0. The molecular formula is C22H25N7O2. The summed E-state index contributed by atoms with van der Waals surface area (Å²) in [5, 5.41) is 4.48. The van der Waals surface area contributed by atoms with E-state index in [4.69, 9.17) is 19.9 Å². The number of rotatable bonds is 6. The van der Waals surface area contributed by atoms with Gasteiger partial charge in [-0.05, 0) is 44.7 Å². The van der Waals surface area contributed by atoms with Crippen molar-refractivity contribution in [2.45, 2.75) is 32.5 Å². The highest BCUT2D eigenvalue weighted by molar-refractivity contribution is 5.59. The molecule has 9 heteroatoms. The fourth-order valence-electron chi connectivity index (χ4n) is 3.92. The molecule has 31 heavy (non-hydrogen) atoms. The Hall–Kier alpha value is -3.30. The lowest BCUT2D eigenvalue weighted by Gasteiger charge is -2.12. The zero-order chi connectivity index (χ0) is 21.4. The van der Waals surface area contributed by atoms with E-state index >= 15 is 0 Å². The van der Waals surface area contributed by atoms with E-state index < -0.39 is 0 Å². The number of ether oxygens (including phenoxy) is 1. The molecule has 1 atom stereocenters. The van der Waals surface area contributed by atoms with E-state index in [0.717, 1.165) is 42.2 Å². The van der Waals surface area contributed by atoms with Crippen molar-refractivity contribution in [1.29, 1.82) is 0 Å². The van der Waals surface area contributed by atoms with Crippen molar-refractivity contribution >= 4 is 11.6 Å². The molecule has 2 N–H and O–H groups in total. The normalized spacial score (nSPS) is 17.0. The largest absolute Gasteiger partial charge is 0.458 e. The first-order valence-electron chi connectivity index (χ1n) is 10.4. The van der Waals surface area contributed by atoms with Crippen LogP contribution in [0.3, 0.4) is 0 Å². The van der Waals surface area contributed by atoms with Gasteiger partial charge in [0.2, 0.25) is 11.8 Å². The minimum atomic E-state index is 0.176. The molecule has 1 saturated heterocycles. The SMILES string of the molecule is Cc1ccc(-c2nc(N)nc3c(Cc4cccc(COC5CCN(C)C5)n4)cnn23)o1. The predicted molar refractivity (Wildman–Crippen MR) is 115 cm³/mol. The van der Waals surface area contributed by atoms with Gasteiger partial charge in [0.05, 0.1) is 24.6 Å². The predicted octanol–water partition coefficient (Wildman–Crippen LogP) is 2.48. The van der Waals surface area contributed by atoms with Gasteiger partial charge in [-0.2, -0.15) is 19.6 Å². The molecule has 1 aliphatic rings. The summed E-state index contributed by atoms with van der Waals surface area (Å²) in [4.78, 5) is 15.8. The number of nitrogens with two attached hydrogens (primary N) is 1. The van der Waals surface area contributed by atoms with Gasteiger partial charge in [-0.25, -0.2) is 0 Å². The van der Waals surface area contributed by atoms with Crippen molar-refractivity contribution in [2.24, 2.45) is 0 Å². The smallest absolute Gasteiger partial charge is 0.224 e. The second-order valence-electron chi connectivity index (χ2n) is 8.00. The summed E-state index contributed by atoms with van der Waals surface area (Å²) in [6.45, 7) is 4.45. The second kappa shape index (κ2) is 8.09. The Labute approximate surface area is 179 Å². The molecule has 9 nitrogen and oxygen atoms in total. The maximum atomic E-state index is 6.03. The highest BCUT2D eigenvalue weighted by Crippen LogP contribution is 2.23. The molecule has 0 amide bonds. The van der Waals surface area contributed by atoms with E-state index in [0.29, 0.717) is 30.3 Å². The molecule has 4 aromatic rings. The highest BCUT2D eigenvalue weighted by Gasteiger charge is 2.20. The number of likely N-dealkylation sites (N-methyl/N-ethyl adjacent to an activating group) is 1. The van der Waals surface area contributed by atoms with Crippen LogP contribution in [0.2, 0.25) is 0 Å². The average Bonchev–Trinajstić information content (AvgIpc) is 3.47. The molecule has 1 aliphatic heterocycles. The fraction of sp³-hybridized carbons (Fsp3) is 0.364. The summed E-state index contributed by atoms with van der Waals surface area (Å²) in [6, 6.07) is 9.73. The molecule has 4 aromatic heterocycles. The van der Waals surface area contributed by atoms with E-state index in [1.807, 2.05) is 37.3 Å². The Morgan fingerprint density at radius 1 is 1.16 bits per heavy atom. The molecule has 0 bridgehead atoms. The van der Waals surface area contributed by atoms with E-state index in [9.17, 15) is 0 Å². The fourth-order valence-corrected chi connectivity index (χ4v) is 3.92. The van der Waals surface area contributed by atoms with Gasteiger partial charge in [0.15, 0.2) is 11.4 Å². The van der Waals surface area contributed by atoms with Crippen molar-refractivity contribution in [1.82, 2.24) is 29.5 Å². The third kappa shape index (κ3) is 4.14. The minimum Gasteiger partial charge on any atom is -0.458 e. The number of nitrogen functional groups attached to an aromatic ring is 1. The van der Waals surface area contributed by atoms with Gasteiger partial charge in [-0.1, -0.05) is 6.07 Å². The van der Waals surface area contributed by atoms with Gasteiger partial charge in [0.1, 0.15) is 5.76 Å².